The number of ether oxygens (including phenoxy) is 2. The minimum Gasteiger partial charge on any atom is -0.489 e. The first-order chi connectivity index (χ1) is 10.6. The molecule has 0 aromatic heterocycles. The second kappa shape index (κ2) is 7.41. The van der Waals surface area contributed by atoms with E-state index in [1.807, 2.05) is 30.3 Å². The molecule has 0 aliphatic rings. The highest BCUT2D eigenvalue weighted by atomic mass is 16.5. The molecule has 2 aromatic carbocycles. The van der Waals surface area contributed by atoms with Crippen molar-refractivity contribution >= 4 is 11.8 Å². The SMILES string of the molecule is CC(=O)OC(C)C(=O)c1ccc(OCc2ccccc2)cc1. The number of hydrogen-bond acceptors (Lipinski definition) is 4. The summed E-state index contributed by atoms with van der Waals surface area (Å²) in [5, 5.41) is 0. The van der Waals surface area contributed by atoms with Crippen LogP contribution in [0.3, 0.4) is 0 Å². The number of ketones is 1. The van der Waals surface area contributed by atoms with Crippen LogP contribution in [0.25, 0.3) is 0 Å². The van der Waals surface area contributed by atoms with E-state index in [1.54, 1.807) is 31.2 Å². The van der Waals surface area contributed by atoms with Crippen molar-refractivity contribution in [1.82, 2.24) is 0 Å². The van der Waals surface area contributed by atoms with Gasteiger partial charge < -0.3 is 9.47 Å². The van der Waals surface area contributed by atoms with E-state index >= 15 is 0 Å². The predicted molar refractivity (Wildman–Crippen MR) is 82.8 cm³/mol. The minimum atomic E-state index is -0.784. The summed E-state index contributed by atoms with van der Waals surface area (Å²) in [4.78, 5) is 22.9. The first-order valence-corrected chi connectivity index (χ1v) is 7.04. The number of esters is 1. The maximum Gasteiger partial charge on any atom is 0.303 e. The zero-order valence-corrected chi connectivity index (χ0v) is 12.6. The average Bonchev–Trinajstić information content (AvgIpc) is 2.53. The molecular weight excluding hydrogens is 280 g/mol. The van der Waals surface area contributed by atoms with Crippen LogP contribution in [0.2, 0.25) is 0 Å². The Morgan fingerprint density at radius 1 is 1.00 bits per heavy atom. The predicted octanol–water partition coefficient (Wildman–Crippen LogP) is 3.40. The van der Waals surface area contributed by atoms with Crippen LogP contribution in [0.15, 0.2) is 54.6 Å². The van der Waals surface area contributed by atoms with E-state index in [1.165, 1.54) is 6.92 Å². The van der Waals surface area contributed by atoms with E-state index in [9.17, 15) is 9.59 Å². The van der Waals surface area contributed by atoms with Crippen LogP contribution in [0.5, 0.6) is 5.75 Å². The molecule has 0 fully saturated rings. The fourth-order valence-corrected chi connectivity index (χ4v) is 1.99. The van der Waals surface area contributed by atoms with Gasteiger partial charge in [0.05, 0.1) is 0 Å². The number of Topliss-reactive ketones (excluding diaryl/α,β-unsaturated/α-hetero) is 1. The smallest absolute Gasteiger partial charge is 0.303 e. The summed E-state index contributed by atoms with van der Waals surface area (Å²) in [6.07, 6.45) is -0.784. The van der Waals surface area contributed by atoms with Crippen LogP contribution in [0.1, 0.15) is 29.8 Å². The van der Waals surface area contributed by atoms with Crippen LogP contribution >= 0.6 is 0 Å². The summed E-state index contributed by atoms with van der Waals surface area (Å²) in [6.45, 7) is 3.31. The Bertz CT molecular complexity index is 632. The second-order valence-corrected chi connectivity index (χ2v) is 4.91. The van der Waals surface area contributed by atoms with Gasteiger partial charge in [0.25, 0.3) is 0 Å². The van der Waals surface area contributed by atoms with Crippen molar-refractivity contribution in [3.8, 4) is 5.75 Å². The fourth-order valence-electron chi connectivity index (χ4n) is 1.99. The Hall–Kier alpha value is -2.62. The molecule has 1 atom stereocenters. The molecule has 2 aromatic rings. The third-order valence-electron chi connectivity index (χ3n) is 3.10. The summed E-state index contributed by atoms with van der Waals surface area (Å²) in [5.41, 5.74) is 1.56. The summed E-state index contributed by atoms with van der Waals surface area (Å²) < 4.78 is 10.5. The number of benzene rings is 2. The van der Waals surface area contributed by atoms with Crippen molar-refractivity contribution < 1.29 is 19.1 Å². The third kappa shape index (κ3) is 4.45. The minimum absolute atomic E-state index is 0.232. The van der Waals surface area contributed by atoms with Crippen LogP contribution in [0.4, 0.5) is 0 Å². The molecule has 0 aliphatic heterocycles. The maximum absolute atomic E-state index is 12.1. The van der Waals surface area contributed by atoms with E-state index in [0.29, 0.717) is 17.9 Å². The zero-order chi connectivity index (χ0) is 15.9. The van der Waals surface area contributed by atoms with E-state index in [-0.39, 0.29) is 5.78 Å². The van der Waals surface area contributed by atoms with Crippen molar-refractivity contribution in [3.05, 3.63) is 65.7 Å². The Labute approximate surface area is 129 Å². The lowest BCUT2D eigenvalue weighted by molar-refractivity contribution is -0.143. The molecule has 4 heteroatoms. The molecule has 1 unspecified atom stereocenters. The monoisotopic (exact) mass is 298 g/mol. The van der Waals surface area contributed by atoms with Gasteiger partial charge in [0.2, 0.25) is 5.78 Å². The summed E-state index contributed by atoms with van der Waals surface area (Å²) >= 11 is 0. The summed E-state index contributed by atoms with van der Waals surface area (Å²) in [6, 6.07) is 16.6. The lowest BCUT2D eigenvalue weighted by Crippen LogP contribution is -2.23. The fraction of sp³-hybridized carbons (Fsp3) is 0.222. The van der Waals surface area contributed by atoms with Gasteiger partial charge in [0.15, 0.2) is 6.10 Å². The normalized spacial score (nSPS) is 11.5. The van der Waals surface area contributed by atoms with Gasteiger partial charge in [-0.2, -0.15) is 0 Å². The van der Waals surface area contributed by atoms with Crippen molar-refractivity contribution in [1.29, 1.82) is 0 Å². The van der Waals surface area contributed by atoms with Crippen molar-refractivity contribution in [2.75, 3.05) is 0 Å². The number of hydrogen-bond donors (Lipinski definition) is 0. The maximum atomic E-state index is 12.1. The Morgan fingerprint density at radius 2 is 1.64 bits per heavy atom. The van der Waals surface area contributed by atoms with Gasteiger partial charge in [-0.05, 0) is 36.8 Å². The summed E-state index contributed by atoms with van der Waals surface area (Å²) in [5.74, 6) is -0.0194. The highest BCUT2D eigenvalue weighted by Crippen LogP contribution is 2.16. The topological polar surface area (TPSA) is 52.6 Å². The molecule has 2 rings (SSSR count). The second-order valence-electron chi connectivity index (χ2n) is 4.91. The molecule has 0 bridgehead atoms. The van der Waals surface area contributed by atoms with Crippen molar-refractivity contribution in [2.24, 2.45) is 0 Å². The van der Waals surface area contributed by atoms with Gasteiger partial charge in [-0.15, -0.1) is 0 Å². The average molecular weight is 298 g/mol. The molecular formula is C18H18O4. The van der Waals surface area contributed by atoms with E-state index in [0.717, 1.165) is 5.56 Å². The summed E-state index contributed by atoms with van der Waals surface area (Å²) in [7, 11) is 0. The molecule has 114 valence electrons. The van der Waals surface area contributed by atoms with Gasteiger partial charge >= 0.3 is 5.97 Å². The molecule has 0 heterocycles. The molecule has 0 spiro atoms. The first kappa shape index (κ1) is 15.8. The quantitative estimate of drug-likeness (QED) is 0.606. The van der Waals surface area contributed by atoms with Crippen LogP contribution in [-0.2, 0) is 16.1 Å². The van der Waals surface area contributed by atoms with Gasteiger partial charge in [-0.3, -0.25) is 9.59 Å². The molecule has 0 radical (unpaired) electrons. The van der Waals surface area contributed by atoms with Gasteiger partial charge in [0.1, 0.15) is 12.4 Å². The third-order valence-corrected chi connectivity index (χ3v) is 3.10. The molecule has 0 saturated heterocycles. The largest absolute Gasteiger partial charge is 0.489 e. The molecule has 0 amide bonds. The Balaban J connectivity index is 1.95. The van der Waals surface area contributed by atoms with Crippen LogP contribution < -0.4 is 4.74 Å². The number of rotatable bonds is 6. The molecule has 0 N–H and O–H groups in total. The van der Waals surface area contributed by atoms with Gasteiger partial charge in [-0.25, -0.2) is 0 Å². The highest BCUT2D eigenvalue weighted by Gasteiger charge is 2.17. The van der Waals surface area contributed by atoms with E-state index < -0.39 is 12.1 Å². The Kier molecular flexibility index (Phi) is 5.31. The molecule has 0 saturated carbocycles. The van der Waals surface area contributed by atoms with E-state index in [2.05, 4.69) is 0 Å². The highest BCUT2D eigenvalue weighted by molar-refractivity contribution is 6.00. The molecule has 0 aliphatic carbocycles. The van der Waals surface area contributed by atoms with Crippen molar-refractivity contribution in [2.45, 2.75) is 26.6 Å². The van der Waals surface area contributed by atoms with Gasteiger partial charge in [0, 0.05) is 12.5 Å². The number of carbonyl (C=O) groups excluding carboxylic acids is 2. The van der Waals surface area contributed by atoms with E-state index in [4.69, 9.17) is 9.47 Å². The lowest BCUT2D eigenvalue weighted by Gasteiger charge is -2.11. The number of carbonyl (C=O) groups is 2. The van der Waals surface area contributed by atoms with Crippen LogP contribution in [0, 0.1) is 0 Å². The van der Waals surface area contributed by atoms with Crippen LogP contribution in [-0.4, -0.2) is 17.9 Å². The standard InChI is InChI=1S/C18H18O4/c1-13(22-14(2)19)18(20)16-8-10-17(11-9-16)21-12-15-6-4-3-5-7-15/h3-11,13H,12H2,1-2H3. The first-order valence-electron chi connectivity index (χ1n) is 7.04. The van der Waals surface area contributed by atoms with Crippen molar-refractivity contribution in [3.63, 3.8) is 0 Å². The molecule has 22 heavy (non-hydrogen) atoms. The Morgan fingerprint density at radius 3 is 2.23 bits per heavy atom. The molecule has 4 nitrogen and oxygen atoms in total. The zero-order valence-electron chi connectivity index (χ0n) is 12.6. The lowest BCUT2D eigenvalue weighted by atomic mass is 10.1. The van der Waals surface area contributed by atoms with Gasteiger partial charge in [-0.1, -0.05) is 30.3 Å².